The fourth-order valence-electron chi connectivity index (χ4n) is 2.51. The van der Waals surface area contributed by atoms with E-state index in [1.54, 1.807) is 0 Å². The van der Waals surface area contributed by atoms with Crippen molar-refractivity contribution in [3.63, 3.8) is 0 Å². The van der Waals surface area contributed by atoms with E-state index in [2.05, 4.69) is 31.7 Å². The van der Waals surface area contributed by atoms with Crippen LogP contribution in [0.1, 0.15) is 44.7 Å². The van der Waals surface area contributed by atoms with Crippen LogP contribution in [0, 0.1) is 0 Å². The molecule has 0 saturated heterocycles. The molecule has 0 N–H and O–H groups in total. The summed E-state index contributed by atoms with van der Waals surface area (Å²) in [4.78, 5) is 0. The second-order valence-corrected chi connectivity index (χ2v) is 6.96. The summed E-state index contributed by atoms with van der Waals surface area (Å²) in [6, 6.07) is 8.38. The molecule has 4 heteroatoms. The predicted octanol–water partition coefficient (Wildman–Crippen LogP) is 3.50. The summed E-state index contributed by atoms with van der Waals surface area (Å²) in [6.07, 6.45) is 4.78. The number of benzene rings is 1. The maximum atomic E-state index is 5.95. The molecule has 0 heterocycles. The standard InChI is InChI=1S/C18H30O3Si/c1-5-16-12-9-10-13-17(16)14-11-15-21-22-18(6-2,19-7-3)20-8-4/h5,9-10,12-13H,1,6-8,11,14-15,22H2,2-4H3. The van der Waals surface area contributed by atoms with Gasteiger partial charge in [0, 0.05) is 19.8 Å². The SMILES string of the molecule is C=Cc1ccccc1CCCO[SiH2]C(CC)(OCC)OCC. The van der Waals surface area contributed by atoms with E-state index in [1.807, 2.05) is 26.0 Å². The van der Waals surface area contributed by atoms with Gasteiger partial charge in [0.1, 0.15) is 0 Å². The van der Waals surface area contributed by atoms with Crippen LogP contribution < -0.4 is 0 Å². The lowest BCUT2D eigenvalue weighted by Gasteiger charge is -2.31. The maximum Gasteiger partial charge on any atom is 0.227 e. The van der Waals surface area contributed by atoms with Crippen molar-refractivity contribution >= 4 is 15.8 Å². The third kappa shape index (κ3) is 6.05. The van der Waals surface area contributed by atoms with E-state index in [0.717, 1.165) is 25.9 Å². The van der Waals surface area contributed by atoms with Crippen LogP contribution in [0.3, 0.4) is 0 Å². The smallest absolute Gasteiger partial charge is 0.227 e. The number of hydrogen-bond donors (Lipinski definition) is 0. The van der Waals surface area contributed by atoms with Crippen molar-refractivity contribution in [1.82, 2.24) is 0 Å². The molecule has 1 aromatic carbocycles. The molecule has 0 aromatic heterocycles. The van der Waals surface area contributed by atoms with E-state index in [1.165, 1.54) is 11.1 Å². The fraction of sp³-hybridized carbons (Fsp3) is 0.556. The minimum Gasteiger partial charge on any atom is -0.418 e. The zero-order valence-corrected chi connectivity index (χ0v) is 15.7. The summed E-state index contributed by atoms with van der Waals surface area (Å²) in [7, 11) is -0.883. The first kappa shape index (κ1) is 19.1. The number of ether oxygens (including phenoxy) is 2. The largest absolute Gasteiger partial charge is 0.418 e. The summed E-state index contributed by atoms with van der Waals surface area (Å²) in [5, 5.41) is 0. The van der Waals surface area contributed by atoms with E-state index in [0.29, 0.717) is 13.2 Å². The normalized spacial score (nSPS) is 12.1. The second-order valence-electron chi connectivity index (χ2n) is 5.19. The molecule has 0 aliphatic rings. The Kier molecular flexibility index (Phi) is 9.32. The van der Waals surface area contributed by atoms with Crippen LogP contribution >= 0.6 is 0 Å². The van der Waals surface area contributed by atoms with Crippen molar-refractivity contribution in [2.75, 3.05) is 19.8 Å². The van der Waals surface area contributed by atoms with Crippen LogP contribution in [0.25, 0.3) is 6.08 Å². The minimum atomic E-state index is -0.883. The van der Waals surface area contributed by atoms with Gasteiger partial charge >= 0.3 is 0 Å². The van der Waals surface area contributed by atoms with Crippen LogP contribution in [0.15, 0.2) is 30.8 Å². The molecule has 0 aliphatic heterocycles. The Morgan fingerprint density at radius 2 is 1.82 bits per heavy atom. The maximum absolute atomic E-state index is 5.95. The molecular weight excluding hydrogens is 292 g/mol. The molecule has 1 aromatic rings. The van der Waals surface area contributed by atoms with E-state index < -0.39 is 15.2 Å². The highest BCUT2D eigenvalue weighted by Crippen LogP contribution is 2.17. The molecule has 1 rings (SSSR count). The van der Waals surface area contributed by atoms with Gasteiger partial charge in [0.25, 0.3) is 0 Å². The van der Waals surface area contributed by atoms with Gasteiger partial charge in [-0.1, -0.05) is 43.8 Å². The number of rotatable bonds is 12. The summed E-state index contributed by atoms with van der Waals surface area (Å²) in [6.45, 7) is 12.1. The molecule has 22 heavy (non-hydrogen) atoms. The van der Waals surface area contributed by atoms with Crippen molar-refractivity contribution < 1.29 is 13.9 Å². The molecule has 0 aliphatic carbocycles. The summed E-state index contributed by atoms with van der Waals surface area (Å²) in [5.74, 6) is 0. The van der Waals surface area contributed by atoms with E-state index >= 15 is 0 Å². The predicted molar refractivity (Wildman–Crippen MR) is 95.6 cm³/mol. The Hall–Kier alpha value is -0.943. The highest BCUT2D eigenvalue weighted by atomic mass is 28.2. The lowest BCUT2D eigenvalue weighted by atomic mass is 10.0. The van der Waals surface area contributed by atoms with Gasteiger partial charge in [0.2, 0.25) is 9.76 Å². The van der Waals surface area contributed by atoms with Gasteiger partial charge < -0.3 is 13.9 Å². The summed E-state index contributed by atoms with van der Waals surface area (Å²) < 4.78 is 17.6. The molecule has 3 nitrogen and oxygen atoms in total. The van der Waals surface area contributed by atoms with Gasteiger partial charge in [0.15, 0.2) is 5.41 Å². The lowest BCUT2D eigenvalue weighted by molar-refractivity contribution is -0.183. The van der Waals surface area contributed by atoms with Gasteiger partial charge in [-0.05, 0) is 44.2 Å². The quantitative estimate of drug-likeness (QED) is 0.335. The topological polar surface area (TPSA) is 27.7 Å². The summed E-state index contributed by atoms with van der Waals surface area (Å²) >= 11 is 0. The molecule has 0 amide bonds. The Morgan fingerprint density at radius 1 is 1.14 bits per heavy atom. The zero-order chi connectivity index (χ0) is 16.3. The summed E-state index contributed by atoms with van der Waals surface area (Å²) in [5.41, 5.74) is 2.09. The van der Waals surface area contributed by atoms with E-state index in [9.17, 15) is 0 Å². The van der Waals surface area contributed by atoms with Crippen molar-refractivity contribution in [3.8, 4) is 0 Å². The zero-order valence-electron chi connectivity index (χ0n) is 14.3. The van der Waals surface area contributed by atoms with E-state index in [4.69, 9.17) is 13.9 Å². The molecule has 0 spiro atoms. The van der Waals surface area contributed by atoms with Gasteiger partial charge in [-0.15, -0.1) is 0 Å². The van der Waals surface area contributed by atoms with Crippen molar-refractivity contribution in [3.05, 3.63) is 42.0 Å². The first-order valence-electron chi connectivity index (χ1n) is 8.27. The molecule has 0 bridgehead atoms. The van der Waals surface area contributed by atoms with Gasteiger partial charge in [-0.25, -0.2) is 0 Å². The molecular formula is C18H30O3Si. The number of aryl methyl sites for hydroxylation is 1. The van der Waals surface area contributed by atoms with Crippen molar-refractivity contribution in [2.45, 2.75) is 45.4 Å². The van der Waals surface area contributed by atoms with E-state index in [-0.39, 0.29) is 0 Å². The second kappa shape index (κ2) is 10.7. The van der Waals surface area contributed by atoms with Crippen LogP contribution in [0.4, 0.5) is 0 Å². The third-order valence-electron chi connectivity index (χ3n) is 3.69. The highest BCUT2D eigenvalue weighted by molar-refractivity contribution is 6.31. The molecule has 124 valence electrons. The molecule has 0 saturated carbocycles. The van der Waals surface area contributed by atoms with Crippen molar-refractivity contribution in [2.24, 2.45) is 0 Å². The first-order valence-corrected chi connectivity index (χ1v) is 9.55. The fourth-order valence-corrected chi connectivity index (χ4v) is 3.95. The minimum absolute atomic E-state index is 0.456. The van der Waals surface area contributed by atoms with Gasteiger partial charge in [0.05, 0.1) is 0 Å². The van der Waals surface area contributed by atoms with Gasteiger partial charge in [-0.3, -0.25) is 0 Å². The van der Waals surface area contributed by atoms with Crippen molar-refractivity contribution in [1.29, 1.82) is 0 Å². The molecule has 0 atom stereocenters. The average molecular weight is 323 g/mol. The monoisotopic (exact) mass is 322 g/mol. The number of hydrogen-bond acceptors (Lipinski definition) is 3. The molecule has 0 unspecified atom stereocenters. The average Bonchev–Trinajstić information content (AvgIpc) is 2.55. The Balaban J connectivity index is 2.38. The Bertz CT molecular complexity index is 428. The lowest BCUT2D eigenvalue weighted by Crippen LogP contribution is -2.43. The molecule has 0 radical (unpaired) electrons. The van der Waals surface area contributed by atoms with Crippen LogP contribution in [-0.2, 0) is 20.3 Å². The Labute approximate surface area is 137 Å². The van der Waals surface area contributed by atoms with Crippen LogP contribution in [-0.4, -0.2) is 35.0 Å². The third-order valence-corrected chi connectivity index (χ3v) is 5.53. The highest BCUT2D eigenvalue weighted by Gasteiger charge is 2.30. The van der Waals surface area contributed by atoms with Crippen LogP contribution in [0.5, 0.6) is 0 Å². The van der Waals surface area contributed by atoms with Gasteiger partial charge in [-0.2, -0.15) is 0 Å². The first-order chi connectivity index (χ1) is 10.7. The molecule has 0 fully saturated rings. The Morgan fingerprint density at radius 3 is 2.41 bits per heavy atom. The van der Waals surface area contributed by atoms with Crippen LogP contribution in [0.2, 0.25) is 0 Å².